The summed E-state index contributed by atoms with van der Waals surface area (Å²) in [4.78, 5) is 3.82. The summed E-state index contributed by atoms with van der Waals surface area (Å²) in [6.07, 6.45) is 0.449. The molecule has 11 heavy (non-hydrogen) atoms. The summed E-state index contributed by atoms with van der Waals surface area (Å²) in [5.74, 6) is 0. The maximum absolute atomic E-state index is 11.7. The van der Waals surface area contributed by atoms with Crippen LogP contribution in [-0.4, -0.2) is 12.0 Å². The van der Waals surface area contributed by atoms with E-state index in [4.69, 9.17) is 0 Å². The van der Waals surface area contributed by atoms with Gasteiger partial charge in [-0.25, -0.2) is 0 Å². The summed E-state index contributed by atoms with van der Waals surface area (Å²) in [5.41, 5.74) is 1.40. The fourth-order valence-electron chi connectivity index (χ4n) is 0.571. The van der Waals surface area contributed by atoms with Crippen LogP contribution in [0, 0.1) is 0 Å². The summed E-state index contributed by atoms with van der Waals surface area (Å²) in [5, 5.41) is 0. The van der Waals surface area contributed by atoms with Gasteiger partial charge in [-0.15, -0.1) is 11.3 Å². The number of aromatic nitrogens is 1. The Bertz CT molecular complexity index is 200. The molecule has 1 rings (SSSR count). The standard InChI is InChI=1S/C4H4BF3NS.K/c6-5(7,8)1-4-2-9-3-10-4;/h2-3H,1H2;/q-1;+1. The Morgan fingerprint density at radius 2 is 2.09 bits per heavy atom. The maximum atomic E-state index is 11.7. The van der Waals surface area contributed by atoms with E-state index in [0.717, 1.165) is 11.3 Å². The van der Waals surface area contributed by atoms with Gasteiger partial charge in [-0.05, 0) is 11.2 Å². The van der Waals surface area contributed by atoms with Crippen LogP contribution >= 0.6 is 11.3 Å². The van der Waals surface area contributed by atoms with Gasteiger partial charge in [0.25, 0.3) is 0 Å². The van der Waals surface area contributed by atoms with E-state index in [1.807, 2.05) is 0 Å². The SMILES string of the molecule is F[B-](F)(F)Cc1cncs1.[K+]. The van der Waals surface area contributed by atoms with Gasteiger partial charge in [-0.3, -0.25) is 4.98 Å². The van der Waals surface area contributed by atoms with Gasteiger partial charge in [-0.2, -0.15) is 0 Å². The van der Waals surface area contributed by atoms with Gasteiger partial charge in [-0.1, -0.05) is 0 Å². The maximum Gasteiger partial charge on any atom is 1.00 e. The minimum Gasteiger partial charge on any atom is -0.449 e. The van der Waals surface area contributed by atoms with E-state index in [2.05, 4.69) is 4.98 Å². The second-order valence-corrected chi connectivity index (χ2v) is 2.85. The van der Waals surface area contributed by atoms with Crippen molar-refractivity contribution in [2.24, 2.45) is 0 Å². The largest absolute Gasteiger partial charge is 1.00 e. The first-order valence-electron chi connectivity index (χ1n) is 2.66. The average Bonchev–Trinajstić information content (AvgIpc) is 2.12. The van der Waals surface area contributed by atoms with Crippen LogP contribution in [0.1, 0.15) is 4.88 Å². The first-order chi connectivity index (χ1) is 4.58. The molecule has 0 amide bonds. The molecule has 1 heterocycles. The Kier molecular flexibility index (Phi) is 5.49. The summed E-state index contributed by atoms with van der Waals surface area (Å²) in [6.45, 7) is -4.68. The Hall–Kier alpha value is 1.12. The molecule has 0 bridgehead atoms. The van der Waals surface area contributed by atoms with Crippen molar-refractivity contribution in [1.82, 2.24) is 4.98 Å². The van der Waals surface area contributed by atoms with Crippen molar-refractivity contribution < 1.29 is 64.3 Å². The third-order valence-electron chi connectivity index (χ3n) is 0.916. The van der Waals surface area contributed by atoms with Crippen LogP contribution in [0.4, 0.5) is 12.9 Å². The Morgan fingerprint density at radius 1 is 1.45 bits per heavy atom. The van der Waals surface area contributed by atoms with Crippen LogP contribution in [0.3, 0.4) is 0 Å². The van der Waals surface area contributed by atoms with Gasteiger partial charge in [0.2, 0.25) is 0 Å². The summed E-state index contributed by atoms with van der Waals surface area (Å²) in [7, 11) is 0. The first kappa shape index (κ1) is 12.1. The van der Waals surface area contributed by atoms with Crippen LogP contribution in [0.2, 0.25) is 0 Å². The molecular weight excluding hydrogens is 201 g/mol. The Labute approximate surface area is 109 Å². The van der Waals surface area contributed by atoms with Crippen molar-refractivity contribution in [3.8, 4) is 0 Å². The number of thiazole rings is 1. The number of hydrogen-bond donors (Lipinski definition) is 0. The van der Waals surface area contributed by atoms with Gasteiger partial charge >= 0.3 is 58.4 Å². The number of hydrogen-bond acceptors (Lipinski definition) is 2. The summed E-state index contributed by atoms with van der Waals surface area (Å²) < 4.78 is 35.0. The molecule has 0 fully saturated rings. The smallest absolute Gasteiger partial charge is 0.449 e. The predicted molar refractivity (Wildman–Crippen MR) is 34.9 cm³/mol. The van der Waals surface area contributed by atoms with Crippen molar-refractivity contribution in [1.29, 1.82) is 0 Å². The third kappa shape index (κ3) is 5.37. The fourth-order valence-corrected chi connectivity index (χ4v) is 1.24. The van der Waals surface area contributed by atoms with E-state index in [9.17, 15) is 12.9 Å². The van der Waals surface area contributed by atoms with Crippen LogP contribution in [0.25, 0.3) is 0 Å². The molecule has 0 spiro atoms. The molecule has 0 radical (unpaired) electrons. The molecule has 1 nitrogen and oxygen atoms in total. The third-order valence-corrected chi connectivity index (χ3v) is 1.72. The van der Waals surface area contributed by atoms with Crippen molar-refractivity contribution in [2.75, 3.05) is 0 Å². The van der Waals surface area contributed by atoms with Gasteiger partial charge in [0.15, 0.2) is 0 Å². The number of nitrogens with zero attached hydrogens (tertiary/aromatic N) is 1. The average molecular weight is 205 g/mol. The van der Waals surface area contributed by atoms with Gasteiger partial charge in [0.1, 0.15) is 0 Å². The molecule has 0 aliphatic heterocycles. The predicted octanol–water partition coefficient (Wildman–Crippen LogP) is -0.924. The topological polar surface area (TPSA) is 12.9 Å². The molecule has 1 aromatic rings. The van der Waals surface area contributed by atoms with E-state index in [1.165, 1.54) is 11.7 Å². The van der Waals surface area contributed by atoms with E-state index < -0.39 is 13.3 Å². The zero-order valence-corrected chi connectivity index (χ0v) is 9.87. The van der Waals surface area contributed by atoms with E-state index in [-0.39, 0.29) is 56.3 Å². The molecule has 0 unspecified atom stereocenters. The molecule has 0 saturated carbocycles. The van der Waals surface area contributed by atoms with Gasteiger partial charge < -0.3 is 12.9 Å². The van der Waals surface area contributed by atoms with Crippen LogP contribution in [0.5, 0.6) is 0 Å². The minimum absolute atomic E-state index is 0. The van der Waals surface area contributed by atoms with E-state index in [1.54, 1.807) is 0 Å². The molecule has 0 saturated heterocycles. The monoisotopic (exact) mass is 205 g/mol. The number of halogens is 3. The van der Waals surface area contributed by atoms with Crippen molar-refractivity contribution in [2.45, 2.75) is 6.32 Å². The second-order valence-electron chi connectivity index (χ2n) is 1.88. The normalized spacial score (nSPS) is 10.8. The molecule has 0 aromatic carbocycles. The van der Waals surface area contributed by atoms with E-state index >= 15 is 0 Å². The van der Waals surface area contributed by atoms with Crippen molar-refractivity contribution in [3.63, 3.8) is 0 Å². The molecule has 1 aromatic heterocycles. The van der Waals surface area contributed by atoms with E-state index in [0.29, 0.717) is 0 Å². The molecule has 7 heteroatoms. The van der Waals surface area contributed by atoms with Crippen LogP contribution in [0.15, 0.2) is 11.7 Å². The molecular formula is C4H4BF3KNS. The molecule has 0 aliphatic rings. The zero-order chi connectivity index (χ0) is 7.61. The Balaban J connectivity index is 0.000001000. The van der Waals surface area contributed by atoms with Gasteiger partial charge in [0, 0.05) is 6.20 Å². The summed E-state index contributed by atoms with van der Waals surface area (Å²) >= 11 is 1.03. The van der Waals surface area contributed by atoms with Crippen LogP contribution in [-0.2, 0) is 6.32 Å². The quantitative estimate of drug-likeness (QED) is 0.569. The van der Waals surface area contributed by atoms with Crippen molar-refractivity contribution in [3.05, 3.63) is 16.6 Å². The molecule has 0 aliphatic carbocycles. The fraction of sp³-hybridized carbons (Fsp3) is 0.250. The molecule has 0 atom stereocenters. The minimum atomic E-state index is -4.68. The molecule has 56 valence electrons. The zero-order valence-electron chi connectivity index (χ0n) is 5.93. The molecule has 0 N–H and O–H groups in total. The summed E-state index contributed by atoms with van der Waals surface area (Å²) in [6, 6.07) is 0. The Morgan fingerprint density at radius 3 is 2.45 bits per heavy atom. The number of rotatable bonds is 2. The second kappa shape index (κ2) is 4.98. The van der Waals surface area contributed by atoms with Crippen molar-refractivity contribution >= 4 is 18.3 Å². The van der Waals surface area contributed by atoms with Gasteiger partial charge in [0.05, 0.1) is 5.51 Å². The first-order valence-corrected chi connectivity index (χ1v) is 3.54. The van der Waals surface area contributed by atoms with Crippen LogP contribution < -0.4 is 51.4 Å².